The van der Waals surface area contributed by atoms with E-state index in [0.29, 0.717) is 13.0 Å². The van der Waals surface area contributed by atoms with Crippen molar-refractivity contribution in [3.63, 3.8) is 0 Å². The number of hydrogen-bond acceptors (Lipinski definition) is 3. The molecule has 4 nitrogen and oxygen atoms in total. The number of hydrogen-bond donors (Lipinski definition) is 0. The lowest BCUT2D eigenvalue weighted by molar-refractivity contribution is -0.0499. The highest BCUT2D eigenvalue weighted by molar-refractivity contribution is 5.94. The number of amides is 1. The third kappa shape index (κ3) is 3.69. The van der Waals surface area contributed by atoms with E-state index in [0.717, 1.165) is 22.3 Å². The smallest absolute Gasteiger partial charge is 0.387 e. The summed E-state index contributed by atoms with van der Waals surface area (Å²) >= 11 is 0. The van der Waals surface area contributed by atoms with Gasteiger partial charge in [-0.05, 0) is 24.3 Å². The van der Waals surface area contributed by atoms with Crippen LogP contribution in [0.2, 0.25) is 0 Å². The summed E-state index contributed by atoms with van der Waals surface area (Å²) in [6.07, 6.45) is 0.712. The Morgan fingerprint density at radius 1 is 1.19 bits per heavy atom. The zero-order valence-electron chi connectivity index (χ0n) is 14.5. The van der Waals surface area contributed by atoms with E-state index in [1.54, 1.807) is 13.1 Å². The number of ether oxygens (including phenoxy) is 1. The normalized spacial score (nSPS) is 11.1. The number of alkyl halides is 2. The molecule has 0 unspecified atom stereocenters. The van der Waals surface area contributed by atoms with Gasteiger partial charge in [0.1, 0.15) is 17.1 Å². The van der Waals surface area contributed by atoms with E-state index in [2.05, 4.69) is 4.74 Å². The molecule has 0 aliphatic rings. The highest BCUT2D eigenvalue weighted by atomic mass is 19.3. The van der Waals surface area contributed by atoms with Crippen LogP contribution in [0, 0.1) is 0 Å². The first-order chi connectivity index (χ1) is 12.5. The molecule has 0 spiro atoms. The molecule has 3 aromatic rings. The van der Waals surface area contributed by atoms with Gasteiger partial charge in [0.2, 0.25) is 0 Å². The van der Waals surface area contributed by atoms with Gasteiger partial charge in [-0.2, -0.15) is 8.78 Å². The lowest BCUT2D eigenvalue weighted by atomic mass is 10.1. The summed E-state index contributed by atoms with van der Waals surface area (Å²) in [5.74, 6) is 0.514. The van der Waals surface area contributed by atoms with Crippen molar-refractivity contribution in [1.82, 2.24) is 4.90 Å². The first-order valence-corrected chi connectivity index (χ1v) is 8.29. The third-order valence-corrected chi connectivity index (χ3v) is 4.15. The second-order valence-corrected chi connectivity index (χ2v) is 5.92. The number of halogens is 2. The molecule has 0 saturated heterocycles. The van der Waals surface area contributed by atoms with Crippen LogP contribution in [0.15, 0.2) is 52.9 Å². The van der Waals surface area contributed by atoms with Gasteiger partial charge in [0.25, 0.3) is 5.91 Å². The summed E-state index contributed by atoms with van der Waals surface area (Å²) in [6, 6.07) is 13.5. The lowest BCUT2D eigenvalue weighted by Gasteiger charge is -2.18. The molecule has 1 heterocycles. The first-order valence-electron chi connectivity index (χ1n) is 8.29. The predicted molar refractivity (Wildman–Crippen MR) is 94.5 cm³/mol. The van der Waals surface area contributed by atoms with Crippen LogP contribution in [-0.2, 0) is 13.0 Å². The quantitative estimate of drug-likeness (QED) is 0.631. The summed E-state index contributed by atoms with van der Waals surface area (Å²) in [5.41, 5.74) is 2.03. The number of nitrogens with zero attached hydrogens (tertiary/aromatic N) is 1. The van der Waals surface area contributed by atoms with E-state index in [4.69, 9.17) is 4.42 Å². The molecule has 0 radical (unpaired) electrons. The Morgan fingerprint density at radius 3 is 2.69 bits per heavy atom. The number of fused-ring (bicyclic) bond motifs is 1. The van der Waals surface area contributed by atoms with Crippen molar-refractivity contribution < 1.29 is 22.7 Å². The van der Waals surface area contributed by atoms with Gasteiger partial charge < -0.3 is 14.1 Å². The zero-order chi connectivity index (χ0) is 18.7. The molecule has 2 aromatic carbocycles. The van der Waals surface area contributed by atoms with E-state index in [1.165, 1.54) is 23.1 Å². The molecule has 0 N–H and O–H groups in total. The number of rotatable bonds is 6. The SMILES string of the molecule is CCc1oc2ccccc2c1CN(C)C(=O)c1cccc(OC(F)F)c1. The second kappa shape index (κ2) is 7.56. The van der Waals surface area contributed by atoms with E-state index in [9.17, 15) is 13.6 Å². The Bertz CT molecular complexity index is 920. The number of benzene rings is 2. The Hall–Kier alpha value is -2.89. The monoisotopic (exact) mass is 359 g/mol. The second-order valence-electron chi connectivity index (χ2n) is 5.92. The maximum atomic E-state index is 12.7. The molecule has 1 amide bonds. The van der Waals surface area contributed by atoms with Gasteiger partial charge in [0, 0.05) is 36.5 Å². The van der Waals surface area contributed by atoms with Crippen molar-refractivity contribution in [2.45, 2.75) is 26.5 Å². The molecule has 0 saturated carbocycles. The van der Waals surface area contributed by atoms with E-state index in [1.807, 2.05) is 31.2 Å². The number of para-hydroxylation sites is 1. The van der Waals surface area contributed by atoms with Crippen LogP contribution in [0.1, 0.15) is 28.6 Å². The molecule has 0 fully saturated rings. The molecule has 0 aliphatic heterocycles. The molecule has 3 rings (SSSR count). The number of aryl methyl sites for hydroxylation is 1. The van der Waals surface area contributed by atoms with Gasteiger partial charge in [-0.1, -0.05) is 31.2 Å². The molecule has 0 aliphatic carbocycles. The number of furan rings is 1. The van der Waals surface area contributed by atoms with Gasteiger partial charge in [-0.3, -0.25) is 4.79 Å². The summed E-state index contributed by atoms with van der Waals surface area (Å²) in [6.45, 7) is -0.574. The fraction of sp³-hybridized carbons (Fsp3) is 0.250. The molecule has 0 bridgehead atoms. The Balaban J connectivity index is 1.84. The Kier molecular flexibility index (Phi) is 5.21. The maximum Gasteiger partial charge on any atom is 0.387 e. The van der Waals surface area contributed by atoms with Crippen molar-refractivity contribution >= 4 is 16.9 Å². The van der Waals surface area contributed by atoms with Crippen LogP contribution >= 0.6 is 0 Å². The van der Waals surface area contributed by atoms with Gasteiger partial charge in [-0.15, -0.1) is 0 Å². The lowest BCUT2D eigenvalue weighted by Crippen LogP contribution is -2.26. The van der Waals surface area contributed by atoms with Crippen LogP contribution in [0.5, 0.6) is 5.75 Å². The van der Waals surface area contributed by atoms with Crippen molar-refractivity contribution in [2.75, 3.05) is 7.05 Å². The van der Waals surface area contributed by atoms with Crippen LogP contribution in [0.4, 0.5) is 8.78 Å². The summed E-state index contributed by atoms with van der Waals surface area (Å²) in [7, 11) is 1.67. The minimum atomic E-state index is -2.93. The summed E-state index contributed by atoms with van der Waals surface area (Å²) in [5, 5.41) is 0.971. The molecule has 0 atom stereocenters. The topological polar surface area (TPSA) is 42.7 Å². The van der Waals surface area contributed by atoms with Gasteiger partial charge in [0.15, 0.2) is 0 Å². The Labute approximate surface area is 150 Å². The van der Waals surface area contributed by atoms with E-state index in [-0.39, 0.29) is 17.2 Å². The summed E-state index contributed by atoms with van der Waals surface area (Å²) in [4.78, 5) is 14.2. The molecule has 136 valence electrons. The van der Waals surface area contributed by atoms with Crippen LogP contribution < -0.4 is 4.74 Å². The molecule has 1 aromatic heterocycles. The molecule has 26 heavy (non-hydrogen) atoms. The molecular weight excluding hydrogens is 340 g/mol. The highest BCUT2D eigenvalue weighted by Gasteiger charge is 2.19. The van der Waals surface area contributed by atoms with Crippen LogP contribution in [0.25, 0.3) is 11.0 Å². The zero-order valence-corrected chi connectivity index (χ0v) is 14.5. The van der Waals surface area contributed by atoms with E-state index < -0.39 is 6.61 Å². The minimum absolute atomic E-state index is 0.0396. The highest BCUT2D eigenvalue weighted by Crippen LogP contribution is 2.28. The standard InChI is InChI=1S/C20H19F2NO3/c1-3-17-16(15-9-4-5-10-18(15)26-17)12-23(2)19(24)13-7-6-8-14(11-13)25-20(21)22/h4-11,20H,3,12H2,1-2H3. The van der Waals surface area contributed by atoms with Crippen molar-refractivity contribution in [3.8, 4) is 5.75 Å². The number of carbonyl (C=O) groups is 1. The molecular formula is C20H19F2NO3. The van der Waals surface area contributed by atoms with Crippen LogP contribution in [-0.4, -0.2) is 24.5 Å². The fourth-order valence-corrected chi connectivity index (χ4v) is 2.94. The van der Waals surface area contributed by atoms with Gasteiger partial charge >= 0.3 is 6.61 Å². The largest absolute Gasteiger partial charge is 0.461 e. The van der Waals surface area contributed by atoms with Crippen molar-refractivity contribution in [2.24, 2.45) is 0 Å². The van der Waals surface area contributed by atoms with Gasteiger partial charge in [-0.25, -0.2) is 0 Å². The van der Waals surface area contributed by atoms with E-state index >= 15 is 0 Å². The van der Waals surface area contributed by atoms with Crippen molar-refractivity contribution in [1.29, 1.82) is 0 Å². The average molecular weight is 359 g/mol. The third-order valence-electron chi connectivity index (χ3n) is 4.15. The van der Waals surface area contributed by atoms with Crippen molar-refractivity contribution in [3.05, 3.63) is 65.4 Å². The van der Waals surface area contributed by atoms with Gasteiger partial charge in [0.05, 0.1) is 0 Å². The maximum absolute atomic E-state index is 12.7. The number of carbonyl (C=O) groups excluding carboxylic acids is 1. The minimum Gasteiger partial charge on any atom is -0.461 e. The fourth-order valence-electron chi connectivity index (χ4n) is 2.94. The first kappa shape index (κ1) is 17.9. The summed E-state index contributed by atoms with van der Waals surface area (Å²) < 4.78 is 35.0. The van der Waals surface area contributed by atoms with Crippen LogP contribution in [0.3, 0.4) is 0 Å². The average Bonchev–Trinajstić information content (AvgIpc) is 2.98. The molecule has 6 heteroatoms. The predicted octanol–water partition coefficient (Wildman–Crippen LogP) is 4.87. The Morgan fingerprint density at radius 2 is 1.96 bits per heavy atom.